The third kappa shape index (κ3) is 4.59. The number of hydrogen-bond donors (Lipinski definition) is 3. The average molecular weight is 300 g/mol. The fourth-order valence-corrected chi connectivity index (χ4v) is 2.95. The van der Waals surface area contributed by atoms with E-state index in [2.05, 4.69) is 10.0 Å². The molecule has 112 valence electrons. The van der Waals surface area contributed by atoms with Crippen LogP contribution in [0.3, 0.4) is 0 Å². The summed E-state index contributed by atoms with van der Waals surface area (Å²) >= 11 is 0. The zero-order valence-corrected chi connectivity index (χ0v) is 12.6. The van der Waals surface area contributed by atoms with E-state index < -0.39 is 16.1 Å². The maximum atomic E-state index is 12.1. The molecule has 0 fully saturated rings. The molecule has 0 aliphatic heterocycles. The third-order valence-corrected chi connectivity index (χ3v) is 4.30. The number of carbonyl (C=O) groups excluding carboxylic acids is 1. The van der Waals surface area contributed by atoms with Crippen molar-refractivity contribution in [3.05, 3.63) is 24.3 Å². The maximum Gasteiger partial charge on any atom is 0.240 e. The molecule has 0 saturated carbocycles. The van der Waals surface area contributed by atoms with Crippen molar-refractivity contribution in [2.24, 2.45) is 5.92 Å². The lowest BCUT2D eigenvalue weighted by Gasteiger charge is -2.19. The Morgan fingerprint density at radius 1 is 1.25 bits per heavy atom. The van der Waals surface area contributed by atoms with Crippen molar-refractivity contribution in [3.63, 3.8) is 0 Å². The van der Waals surface area contributed by atoms with E-state index in [1.165, 1.54) is 31.2 Å². The van der Waals surface area contributed by atoms with Crippen LogP contribution in [0.5, 0.6) is 0 Å². The summed E-state index contributed by atoms with van der Waals surface area (Å²) in [5, 5.41) is 11.7. The number of nitrogens with one attached hydrogen (secondary N) is 2. The van der Waals surface area contributed by atoms with Crippen LogP contribution in [0.2, 0.25) is 0 Å². The summed E-state index contributed by atoms with van der Waals surface area (Å²) in [7, 11) is -3.68. The normalized spacial score (nSPS) is 13.2. The van der Waals surface area contributed by atoms with Crippen LogP contribution in [-0.2, 0) is 14.8 Å². The quantitative estimate of drug-likeness (QED) is 0.728. The van der Waals surface area contributed by atoms with Crippen molar-refractivity contribution in [1.82, 2.24) is 4.72 Å². The number of aliphatic hydroxyl groups is 1. The van der Waals surface area contributed by atoms with E-state index in [-0.39, 0.29) is 23.3 Å². The molecule has 0 aliphatic rings. The van der Waals surface area contributed by atoms with Gasteiger partial charge in [-0.05, 0) is 30.2 Å². The highest BCUT2D eigenvalue weighted by molar-refractivity contribution is 7.89. The fourth-order valence-electron chi connectivity index (χ4n) is 1.57. The lowest BCUT2D eigenvalue weighted by molar-refractivity contribution is -0.114. The van der Waals surface area contributed by atoms with Crippen LogP contribution in [0.1, 0.15) is 20.8 Å². The molecule has 0 spiro atoms. The van der Waals surface area contributed by atoms with Crippen molar-refractivity contribution in [3.8, 4) is 0 Å². The van der Waals surface area contributed by atoms with Crippen molar-refractivity contribution in [2.45, 2.75) is 31.7 Å². The summed E-state index contributed by atoms with van der Waals surface area (Å²) in [5.74, 6) is -0.243. The van der Waals surface area contributed by atoms with Gasteiger partial charge in [-0.2, -0.15) is 0 Å². The van der Waals surface area contributed by atoms with E-state index in [9.17, 15) is 18.3 Å². The SMILES string of the molecule is CC(=O)Nc1ccc(S(=O)(=O)N[C@H](CO)C(C)C)cc1. The molecule has 1 rings (SSSR count). The number of benzene rings is 1. The van der Waals surface area contributed by atoms with Gasteiger partial charge in [0.2, 0.25) is 15.9 Å². The first-order valence-electron chi connectivity index (χ1n) is 6.27. The minimum Gasteiger partial charge on any atom is -0.395 e. The van der Waals surface area contributed by atoms with Crippen LogP contribution >= 0.6 is 0 Å². The number of aliphatic hydroxyl groups excluding tert-OH is 1. The van der Waals surface area contributed by atoms with E-state index in [1.54, 1.807) is 0 Å². The van der Waals surface area contributed by atoms with E-state index in [4.69, 9.17) is 0 Å². The average Bonchev–Trinajstić information content (AvgIpc) is 2.35. The van der Waals surface area contributed by atoms with E-state index in [0.717, 1.165) is 0 Å². The molecule has 0 radical (unpaired) electrons. The van der Waals surface area contributed by atoms with E-state index in [0.29, 0.717) is 5.69 Å². The molecule has 1 aromatic carbocycles. The summed E-state index contributed by atoms with van der Waals surface area (Å²) in [4.78, 5) is 11.0. The van der Waals surface area contributed by atoms with Gasteiger partial charge in [0, 0.05) is 18.7 Å². The van der Waals surface area contributed by atoms with Crippen LogP contribution in [0.15, 0.2) is 29.2 Å². The van der Waals surface area contributed by atoms with Gasteiger partial charge in [-0.25, -0.2) is 13.1 Å². The number of hydrogen-bond acceptors (Lipinski definition) is 4. The molecular formula is C13H20N2O4S. The summed E-state index contributed by atoms with van der Waals surface area (Å²) in [6, 6.07) is 5.30. The maximum absolute atomic E-state index is 12.1. The Balaban J connectivity index is 2.90. The Morgan fingerprint density at radius 3 is 2.20 bits per heavy atom. The molecule has 1 aromatic rings. The number of rotatable bonds is 6. The molecule has 0 saturated heterocycles. The zero-order chi connectivity index (χ0) is 15.3. The number of anilines is 1. The van der Waals surface area contributed by atoms with Gasteiger partial charge < -0.3 is 10.4 Å². The molecule has 0 unspecified atom stereocenters. The van der Waals surface area contributed by atoms with Gasteiger partial charge in [0.25, 0.3) is 0 Å². The standard InChI is InChI=1S/C13H20N2O4S/c1-9(2)13(8-16)15-20(18,19)12-6-4-11(5-7-12)14-10(3)17/h4-7,9,13,15-16H,8H2,1-3H3,(H,14,17)/t13-/m1/s1. The van der Waals surface area contributed by atoms with E-state index >= 15 is 0 Å². The van der Waals surface area contributed by atoms with Gasteiger partial charge in [0.05, 0.1) is 11.5 Å². The topological polar surface area (TPSA) is 95.5 Å². The molecule has 20 heavy (non-hydrogen) atoms. The van der Waals surface area contributed by atoms with Gasteiger partial charge in [0.1, 0.15) is 0 Å². The molecule has 0 aliphatic carbocycles. The summed E-state index contributed by atoms with van der Waals surface area (Å²) in [5.41, 5.74) is 0.527. The van der Waals surface area contributed by atoms with Gasteiger partial charge in [-0.15, -0.1) is 0 Å². The molecule has 0 heterocycles. The molecular weight excluding hydrogens is 280 g/mol. The Kier molecular flexibility index (Phi) is 5.67. The lowest BCUT2D eigenvalue weighted by atomic mass is 10.1. The lowest BCUT2D eigenvalue weighted by Crippen LogP contribution is -2.41. The molecule has 1 atom stereocenters. The van der Waals surface area contributed by atoms with Gasteiger partial charge >= 0.3 is 0 Å². The predicted molar refractivity (Wildman–Crippen MR) is 76.8 cm³/mol. The Bertz CT molecular complexity index is 552. The Labute approximate surface area is 119 Å². The van der Waals surface area contributed by atoms with Crippen LogP contribution < -0.4 is 10.0 Å². The second-order valence-corrected chi connectivity index (χ2v) is 6.57. The monoisotopic (exact) mass is 300 g/mol. The first-order chi connectivity index (χ1) is 9.26. The van der Waals surface area contributed by atoms with Gasteiger partial charge in [-0.1, -0.05) is 13.8 Å². The number of sulfonamides is 1. The van der Waals surface area contributed by atoms with Crippen LogP contribution in [-0.4, -0.2) is 32.1 Å². The molecule has 1 amide bonds. The van der Waals surface area contributed by atoms with Crippen molar-refractivity contribution < 1.29 is 18.3 Å². The Hall–Kier alpha value is -1.44. The summed E-state index contributed by atoms with van der Waals surface area (Å²) in [6.07, 6.45) is 0. The van der Waals surface area contributed by atoms with E-state index in [1.807, 2.05) is 13.8 Å². The minimum atomic E-state index is -3.68. The number of carbonyl (C=O) groups is 1. The smallest absolute Gasteiger partial charge is 0.240 e. The van der Waals surface area contributed by atoms with Crippen molar-refractivity contribution >= 4 is 21.6 Å². The van der Waals surface area contributed by atoms with Crippen LogP contribution in [0.4, 0.5) is 5.69 Å². The second-order valence-electron chi connectivity index (χ2n) is 4.86. The van der Waals surface area contributed by atoms with Crippen molar-refractivity contribution in [2.75, 3.05) is 11.9 Å². The molecule has 3 N–H and O–H groups in total. The highest BCUT2D eigenvalue weighted by atomic mass is 32.2. The predicted octanol–water partition coefficient (Wildman–Crippen LogP) is 0.940. The first-order valence-corrected chi connectivity index (χ1v) is 7.75. The Morgan fingerprint density at radius 2 is 1.80 bits per heavy atom. The minimum absolute atomic E-state index is 0.0200. The van der Waals surface area contributed by atoms with Crippen molar-refractivity contribution in [1.29, 1.82) is 0 Å². The molecule has 6 nitrogen and oxygen atoms in total. The third-order valence-electron chi connectivity index (χ3n) is 2.79. The molecule has 0 aromatic heterocycles. The number of amides is 1. The highest BCUT2D eigenvalue weighted by Gasteiger charge is 2.21. The summed E-state index contributed by atoms with van der Waals surface area (Å²) in [6.45, 7) is 4.76. The largest absolute Gasteiger partial charge is 0.395 e. The second kappa shape index (κ2) is 6.83. The fraction of sp³-hybridized carbons (Fsp3) is 0.462. The van der Waals surface area contributed by atoms with Crippen LogP contribution in [0, 0.1) is 5.92 Å². The van der Waals surface area contributed by atoms with Gasteiger partial charge in [0.15, 0.2) is 0 Å². The van der Waals surface area contributed by atoms with Gasteiger partial charge in [-0.3, -0.25) is 4.79 Å². The molecule has 0 bridgehead atoms. The zero-order valence-electron chi connectivity index (χ0n) is 11.8. The summed E-state index contributed by atoms with van der Waals surface area (Å²) < 4.78 is 26.7. The first kappa shape index (κ1) is 16.6. The highest BCUT2D eigenvalue weighted by Crippen LogP contribution is 2.15. The van der Waals surface area contributed by atoms with Crippen LogP contribution in [0.25, 0.3) is 0 Å². The molecule has 7 heteroatoms.